The van der Waals surface area contributed by atoms with Gasteiger partial charge in [-0.2, -0.15) is 5.10 Å². The first-order chi connectivity index (χ1) is 19.7. The van der Waals surface area contributed by atoms with Gasteiger partial charge in [-0.1, -0.05) is 6.07 Å². The van der Waals surface area contributed by atoms with Crippen LogP contribution in [0.4, 0.5) is 11.5 Å². The molecule has 1 saturated heterocycles. The molecular formula is C28H30N8O5. The minimum absolute atomic E-state index is 0.138. The number of carbonyl (C=O) groups excluding carboxylic acids is 2. The molecule has 4 heterocycles. The predicted octanol–water partition coefficient (Wildman–Crippen LogP) is 1.18. The molecule has 1 aliphatic heterocycles. The molecule has 0 unspecified atom stereocenters. The van der Waals surface area contributed by atoms with E-state index in [-0.39, 0.29) is 17.7 Å². The molecule has 0 aliphatic carbocycles. The molecule has 6 rings (SSSR count). The average molecular weight is 559 g/mol. The molecule has 0 atom stereocenters. The third kappa shape index (κ3) is 5.75. The number of benzene rings is 2. The van der Waals surface area contributed by atoms with Crippen LogP contribution in [0.15, 0.2) is 48.8 Å². The highest BCUT2D eigenvalue weighted by atomic mass is 16.5. The number of nitrogens with one attached hydrogen (secondary N) is 2. The summed E-state index contributed by atoms with van der Waals surface area (Å²) in [5, 5.41) is 30.2. The molecule has 0 radical (unpaired) electrons. The molecule has 3 aromatic heterocycles. The fraction of sp³-hybridized carbons (Fsp3) is 0.250. The average Bonchev–Trinajstić information content (AvgIpc) is 3.56. The van der Waals surface area contributed by atoms with E-state index in [0.29, 0.717) is 34.0 Å². The molecule has 5 aromatic rings. The number of phenols is 1. The standard InChI is InChI=1S/C26H26N8O3.C2H4O2/c1-37-21-12-14(2-4-19(21)32-26(36)20-11-15-10-17(35)3-5-18(15)31-20)23-22-24(27)29-13-30-25(22)34(33-23)16-6-8-28-9-7-16;1-2(3)4/h2-5,10-13,16,28,31,35H,6-9H2,1H3,(H,32,36)(H2,27,29,30);1H3,(H,3,4). The first kappa shape index (κ1) is 27.4. The van der Waals surface area contributed by atoms with Gasteiger partial charge in [0.1, 0.15) is 35.0 Å². The topological polar surface area (TPSA) is 201 Å². The minimum atomic E-state index is -1.08. The molecule has 212 valence electrons. The zero-order valence-corrected chi connectivity index (χ0v) is 22.5. The van der Waals surface area contributed by atoms with E-state index >= 15 is 0 Å². The van der Waals surface area contributed by atoms with Crippen LogP contribution in [0.1, 0.15) is 36.3 Å². The van der Waals surface area contributed by atoms with Gasteiger partial charge in [0, 0.05) is 35.3 Å². The van der Waals surface area contributed by atoms with E-state index < -0.39 is 5.97 Å². The lowest BCUT2D eigenvalue weighted by atomic mass is 10.1. The molecule has 13 nitrogen and oxygen atoms in total. The second-order valence-electron chi connectivity index (χ2n) is 9.66. The highest BCUT2D eigenvalue weighted by Crippen LogP contribution is 2.37. The maximum Gasteiger partial charge on any atom is 0.272 e. The number of carboxylic acids is 1. The van der Waals surface area contributed by atoms with Crippen molar-refractivity contribution in [1.29, 1.82) is 0 Å². The van der Waals surface area contributed by atoms with E-state index in [2.05, 4.69) is 25.6 Å². The Morgan fingerprint density at radius 2 is 1.93 bits per heavy atom. The number of quaternary nitrogens is 1. The number of anilines is 2. The first-order valence-electron chi connectivity index (χ1n) is 13.0. The molecule has 2 aromatic carbocycles. The third-order valence-electron chi connectivity index (χ3n) is 6.84. The maximum absolute atomic E-state index is 13.0. The number of phenolic OH excluding ortho intramolecular Hbond substituents is 1. The number of H-pyrrole nitrogens is 1. The van der Waals surface area contributed by atoms with E-state index in [4.69, 9.17) is 25.5 Å². The number of aliphatic carboxylic acids is 1. The largest absolute Gasteiger partial charge is 0.550 e. The summed E-state index contributed by atoms with van der Waals surface area (Å²) in [5.41, 5.74) is 10.1. The molecule has 0 spiro atoms. The molecule has 7 N–H and O–H groups in total. The van der Waals surface area contributed by atoms with Crippen molar-refractivity contribution in [3.63, 3.8) is 0 Å². The normalized spacial score (nSPS) is 13.5. The number of aromatic hydroxyl groups is 1. The van der Waals surface area contributed by atoms with E-state index in [9.17, 15) is 9.90 Å². The van der Waals surface area contributed by atoms with Crippen molar-refractivity contribution in [2.75, 3.05) is 31.2 Å². The quantitative estimate of drug-likeness (QED) is 0.210. The van der Waals surface area contributed by atoms with Gasteiger partial charge in [0.25, 0.3) is 5.91 Å². The van der Waals surface area contributed by atoms with Crippen LogP contribution in [0, 0.1) is 0 Å². The summed E-state index contributed by atoms with van der Waals surface area (Å²) >= 11 is 0. The number of nitrogens with two attached hydrogens (primary N) is 2. The van der Waals surface area contributed by atoms with Crippen molar-refractivity contribution in [2.45, 2.75) is 25.8 Å². The van der Waals surface area contributed by atoms with Crippen molar-refractivity contribution in [3.8, 4) is 22.8 Å². The summed E-state index contributed by atoms with van der Waals surface area (Å²) in [6.45, 7) is 3.06. The second kappa shape index (κ2) is 11.5. The lowest BCUT2D eigenvalue weighted by Crippen LogP contribution is -2.86. The van der Waals surface area contributed by atoms with Crippen LogP contribution in [0.5, 0.6) is 11.5 Å². The van der Waals surface area contributed by atoms with Crippen molar-refractivity contribution in [1.82, 2.24) is 24.7 Å². The smallest absolute Gasteiger partial charge is 0.272 e. The van der Waals surface area contributed by atoms with Gasteiger partial charge in [-0.05, 0) is 43.3 Å². The number of rotatable bonds is 5. The predicted molar refractivity (Wildman–Crippen MR) is 150 cm³/mol. The van der Waals surface area contributed by atoms with Crippen LogP contribution in [0.25, 0.3) is 33.2 Å². The lowest BCUT2D eigenvalue weighted by molar-refractivity contribution is -0.664. The van der Waals surface area contributed by atoms with E-state index in [1.165, 1.54) is 6.33 Å². The van der Waals surface area contributed by atoms with Crippen molar-refractivity contribution in [2.24, 2.45) is 0 Å². The number of aromatic amines is 1. The number of methoxy groups -OCH3 is 1. The fourth-order valence-corrected chi connectivity index (χ4v) is 4.98. The molecule has 1 aliphatic rings. The second-order valence-corrected chi connectivity index (χ2v) is 9.66. The van der Waals surface area contributed by atoms with Crippen molar-refractivity contribution >= 4 is 45.3 Å². The number of nitrogen functional groups attached to an aromatic ring is 1. The number of piperidine rings is 1. The highest BCUT2D eigenvalue weighted by Gasteiger charge is 2.25. The van der Waals surface area contributed by atoms with E-state index in [0.717, 1.165) is 55.0 Å². The van der Waals surface area contributed by atoms with Gasteiger partial charge in [-0.3, -0.25) is 4.79 Å². The molecule has 1 fully saturated rings. The summed E-state index contributed by atoms with van der Waals surface area (Å²) in [5.74, 6) is -0.429. The molecule has 41 heavy (non-hydrogen) atoms. The third-order valence-corrected chi connectivity index (χ3v) is 6.84. The van der Waals surface area contributed by atoms with Gasteiger partial charge < -0.3 is 41.1 Å². The maximum atomic E-state index is 13.0. The summed E-state index contributed by atoms with van der Waals surface area (Å²) in [6, 6.07) is 12.3. The lowest BCUT2D eigenvalue weighted by Gasteiger charge is -2.21. The van der Waals surface area contributed by atoms with Crippen LogP contribution in [0.3, 0.4) is 0 Å². The molecule has 0 saturated carbocycles. The van der Waals surface area contributed by atoms with Crippen LogP contribution in [0.2, 0.25) is 0 Å². The molecule has 1 amide bonds. The molecular weight excluding hydrogens is 528 g/mol. The molecule has 13 heteroatoms. The van der Waals surface area contributed by atoms with E-state index in [1.807, 2.05) is 16.8 Å². The Kier molecular flexibility index (Phi) is 7.70. The number of carboxylic acid groups (broad SMARTS) is 1. The van der Waals surface area contributed by atoms with Gasteiger partial charge in [0.05, 0.1) is 37.3 Å². The summed E-state index contributed by atoms with van der Waals surface area (Å²) < 4.78 is 7.60. The fourth-order valence-electron chi connectivity index (χ4n) is 4.98. The number of carbonyl (C=O) groups is 2. The van der Waals surface area contributed by atoms with Crippen LogP contribution in [-0.2, 0) is 4.79 Å². The van der Waals surface area contributed by atoms with Crippen LogP contribution >= 0.6 is 0 Å². The Morgan fingerprint density at radius 3 is 2.66 bits per heavy atom. The number of aromatic nitrogens is 5. The Hall–Kier alpha value is -5.17. The minimum Gasteiger partial charge on any atom is -0.550 e. The summed E-state index contributed by atoms with van der Waals surface area (Å²) in [7, 11) is 1.55. The zero-order chi connectivity index (χ0) is 29.1. The van der Waals surface area contributed by atoms with Gasteiger partial charge in [-0.15, -0.1) is 0 Å². The Morgan fingerprint density at radius 1 is 1.17 bits per heavy atom. The SMILES string of the molecule is CC(=O)[O-].COc1cc(-c2nn(C3CC[NH2+]CC3)c3ncnc(N)c23)ccc1NC(=O)c1cc2cc(O)ccc2[nH]1. The van der Waals surface area contributed by atoms with Crippen LogP contribution < -0.4 is 26.2 Å². The summed E-state index contributed by atoms with van der Waals surface area (Å²) in [6.07, 6.45) is 3.47. The first-order valence-corrected chi connectivity index (χ1v) is 13.0. The van der Waals surface area contributed by atoms with Gasteiger partial charge in [-0.25, -0.2) is 14.6 Å². The van der Waals surface area contributed by atoms with Crippen molar-refractivity contribution < 1.29 is 29.9 Å². The monoisotopic (exact) mass is 558 g/mol. The van der Waals surface area contributed by atoms with Crippen LogP contribution in [-0.4, -0.2) is 61.9 Å². The summed E-state index contributed by atoms with van der Waals surface area (Å²) in [4.78, 5) is 33.7. The van der Waals surface area contributed by atoms with Gasteiger partial charge in [0.15, 0.2) is 5.65 Å². The Labute approximate surface area is 234 Å². The van der Waals surface area contributed by atoms with Gasteiger partial charge >= 0.3 is 0 Å². The van der Waals surface area contributed by atoms with Gasteiger partial charge in [0.2, 0.25) is 0 Å². The Balaban J connectivity index is 0.000000794. The van der Waals surface area contributed by atoms with Crippen molar-refractivity contribution in [3.05, 3.63) is 54.5 Å². The number of hydrogen-bond donors (Lipinski definition) is 5. The number of hydrogen-bond acceptors (Lipinski definition) is 9. The van der Waals surface area contributed by atoms with E-state index in [1.54, 1.807) is 37.4 Å². The number of fused-ring (bicyclic) bond motifs is 2. The number of amides is 1. The molecule has 0 bridgehead atoms. The number of nitrogens with zero attached hydrogens (tertiary/aromatic N) is 4. The zero-order valence-electron chi connectivity index (χ0n) is 22.5. The highest BCUT2D eigenvalue weighted by molar-refractivity contribution is 6.07. The Bertz CT molecular complexity index is 1730. The number of ether oxygens (including phenoxy) is 1.